The lowest BCUT2D eigenvalue weighted by atomic mass is 9.62. The van der Waals surface area contributed by atoms with Crippen LogP contribution in [0.15, 0.2) is 30.3 Å². The van der Waals surface area contributed by atoms with Gasteiger partial charge in [-0.15, -0.1) is 0 Å². The number of nitrogens with two attached hydrogens (primary N) is 1. The molecular formula is C15H16F2N2. The van der Waals surface area contributed by atoms with Gasteiger partial charge in [0.1, 0.15) is 0 Å². The lowest BCUT2D eigenvalue weighted by Crippen LogP contribution is -2.53. The summed E-state index contributed by atoms with van der Waals surface area (Å²) in [4.78, 5) is 4.42. The normalized spacial score (nSPS) is 20.2. The molecule has 0 unspecified atom stereocenters. The smallest absolute Gasteiger partial charge is 0.250 e. The topological polar surface area (TPSA) is 38.9 Å². The Morgan fingerprint density at radius 3 is 2.58 bits per heavy atom. The van der Waals surface area contributed by atoms with Crippen molar-refractivity contribution < 1.29 is 8.78 Å². The van der Waals surface area contributed by atoms with E-state index in [0.717, 1.165) is 22.2 Å². The van der Waals surface area contributed by atoms with Crippen LogP contribution in [0.5, 0.6) is 0 Å². The van der Waals surface area contributed by atoms with Crippen LogP contribution in [-0.4, -0.2) is 17.5 Å². The number of fused-ring (bicyclic) bond motifs is 1. The summed E-state index contributed by atoms with van der Waals surface area (Å²) in [5.74, 6) is -2.57. The van der Waals surface area contributed by atoms with Crippen molar-refractivity contribution in [1.29, 1.82) is 0 Å². The largest absolute Gasteiger partial charge is 0.330 e. The number of hydrogen-bond donors (Lipinski definition) is 1. The van der Waals surface area contributed by atoms with Crippen molar-refractivity contribution in [3.63, 3.8) is 0 Å². The van der Waals surface area contributed by atoms with Gasteiger partial charge in [0.2, 0.25) is 5.92 Å². The first-order valence-corrected chi connectivity index (χ1v) is 6.40. The average molecular weight is 262 g/mol. The molecule has 1 saturated carbocycles. The van der Waals surface area contributed by atoms with Gasteiger partial charge in [0.15, 0.2) is 0 Å². The molecule has 4 heteroatoms. The molecule has 2 aromatic rings. The highest BCUT2D eigenvalue weighted by atomic mass is 19.3. The van der Waals surface area contributed by atoms with Crippen LogP contribution < -0.4 is 5.73 Å². The van der Waals surface area contributed by atoms with E-state index < -0.39 is 11.3 Å². The van der Waals surface area contributed by atoms with Gasteiger partial charge in [-0.3, -0.25) is 4.98 Å². The van der Waals surface area contributed by atoms with Crippen molar-refractivity contribution in [2.75, 3.05) is 6.54 Å². The molecule has 0 amide bonds. The maximum absolute atomic E-state index is 13.2. The van der Waals surface area contributed by atoms with Crippen LogP contribution in [0, 0.1) is 6.92 Å². The van der Waals surface area contributed by atoms with E-state index >= 15 is 0 Å². The number of nitrogens with zero attached hydrogens (tertiary/aromatic N) is 1. The molecule has 1 aromatic heterocycles. The van der Waals surface area contributed by atoms with Gasteiger partial charge in [-0.25, -0.2) is 8.78 Å². The fraction of sp³-hybridized carbons (Fsp3) is 0.400. The van der Waals surface area contributed by atoms with Crippen molar-refractivity contribution in [2.24, 2.45) is 5.73 Å². The predicted octanol–water partition coefficient (Wildman–Crippen LogP) is 3.17. The Kier molecular flexibility index (Phi) is 2.61. The zero-order valence-electron chi connectivity index (χ0n) is 10.8. The van der Waals surface area contributed by atoms with Crippen LogP contribution in [0.25, 0.3) is 10.9 Å². The molecule has 1 aliphatic rings. The molecule has 2 N–H and O–H groups in total. The van der Waals surface area contributed by atoms with Crippen LogP contribution in [0.4, 0.5) is 8.78 Å². The van der Waals surface area contributed by atoms with Crippen LogP contribution in [0.2, 0.25) is 0 Å². The standard InChI is InChI=1S/C15H16F2N2/c1-10-2-3-11-6-12(4-5-13(11)19-10)14(9-18)7-15(16,17)8-14/h2-6H,7-9,18H2,1H3. The Hall–Kier alpha value is -1.55. The fourth-order valence-electron chi connectivity index (χ4n) is 2.96. The van der Waals surface area contributed by atoms with Gasteiger partial charge >= 0.3 is 0 Å². The third kappa shape index (κ3) is 2.00. The number of hydrogen-bond acceptors (Lipinski definition) is 2. The minimum absolute atomic E-state index is 0.151. The Labute approximate surface area is 110 Å². The maximum Gasteiger partial charge on any atom is 0.250 e. The second kappa shape index (κ2) is 3.97. The molecule has 100 valence electrons. The average Bonchev–Trinajstić information content (AvgIpc) is 2.34. The van der Waals surface area contributed by atoms with E-state index in [9.17, 15) is 8.78 Å². The lowest BCUT2D eigenvalue weighted by Gasteiger charge is -2.47. The third-order valence-electron chi connectivity index (χ3n) is 4.03. The summed E-state index contributed by atoms with van der Waals surface area (Å²) in [5.41, 5.74) is 7.92. The van der Waals surface area contributed by atoms with E-state index in [2.05, 4.69) is 4.98 Å². The molecular weight excluding hydrogens is 246 g/mol. The Morgan fingerprint density at radius 1 is 1.21 bits per heavy atom. The molecule has 0 bridgehead atoms. The molecule has 1 fully saturated rings. The molecule has 19 heavy (non-hydrogen) atoms. The summed E-state index contributed by atoms with van der Waals surface area (Å²) in [6.45, 7) is 2.19. The van der Waals surface area contributed by atoms with Gasteiger partial charge in [0, 0.05) is 35.9 Å². The predicted molar refractivity (Wildman–Crippen MR) is 71.4 cm³/mol. The van der Waals surface area contributed by atoms with Crippen LogP contribution in [-0.2, 0) is 5.41 Å². The van der Waals surface area contributed by atoms with E-state index in [1.165, 1.54) is 0 Å². The van der Waals surface area contributed by atoms with Gasteiger partial charge in [0.25, 0.3) is 0 Å². The van der Waals surface area contributed by atoms with E-state index in [-0.39, 0.29) is 19.4 Å². The summed E-state index contributed by atoms with van der Waals surface area (Å²) in [5, 5.41) is 0.978. The SMILES string of the molecule is Cc1ccc2cc(C3(CN)CC(F)(F)C3)ccc2n1. The first-order valence-electron chi connectivity index (χ1n) is 6.40. The maximum atomic E-state index is 13.2. The highest BCUT2D eigenvalue weighted by Crippen LogP contribution is 2.53. The second-order valence-electron chi connectivity index (χ2n) is 5.55. The van der Waals surface area contributed by atoms with E-state index in [1.54, 1.807) is 0 Å². The summed E-state index contributed by atoms with van der Waals surface area (Å²) in [6.07, 6.45) is -0.303. The number of rotatable bonds is 2. The molecule has 0 spiro atoms. The number of aryl methyl sites for hydroxylation is 1. The first kappa shape index (κ1) is 12.5. The second-order valence-corrected chi connectivity index (χ2v) is 5.55. The molecule has 1 aliphatic carbocycles. The van der Waals surface area contributed by atoms with Crippen molar-refractivity contribution in [2.45, 2.75) is 31.1 Å². The summed E-state index contributed by atoms with van der Waals surface area (Å²) < 4.78 is 26.4. The molecule has 0 radical (unpaired) electrons. The Morgan fingerprint density at radius 2 is 1.95 bits per heavy atom. The number of aromatic nitrogens is 1. The minimum atomic E-state index is -2.57. The van der Waals surface area contributed by atoms with E-state index in [0.29, 0.717) is 0 Å². The van der Waals surface area contributed by atoms with Crippen LogP contribution in [0.3, 0.4) is 0 Å². The summed E-state index contributed by atoms with van der Waals surface area (Å²) >= 11 is 0. The minimum Gasteiger partial charge on any atom is -0.330 e. The monoisotopic (exact) mass is 262 g/mol. The number of benzene rings is 1. The highest BCUT2D eigenvalue weighted by Gasteiger charge is 2.56. The molecule has 0 aliphatic heterocycles. The zero-order chi connectivity index (χ0) is 13.7. The Bertz CT molecular complexity index is 629. The van der Waals surface area contributed by atoms with Crippen LogP contribution >= 0.6 is 0 Å². The third-order valence-corrected chi connectivity index (χ3v) is 4.03. The lowest BCUT2D eigenvalue weighted by molar-refractivity contribution is -0.123. The summed E-state index contributed by atoms with van der Waals surface area (Å²) in [7, 11) is 0. The fourth-order valence-corrected chi connectivity index (χ4v) is 2.96. The highest BCUT2D eigenvalue weighted by molar-refractivity contribution is 5.79. The molecule has 0 atom stereocenters. The molecule has 1 heterocycles. The van der Waals surface area contributed by atoms with E-state index in [4.69, 9.17) is 5.73 Å². The van der Waals surface area contributed by atoms with Crippen molar-refractivity contribution in [3.8, 4) is 0 Å². The number of alkyl halides is 2. The van der Waals surface area contributed by atoms with Gasteiger partial charge < -0.3 is 5.73 Å². The Balaban J connectivity index is 2.04. The first-order chi connectivity index (χ1) is 8.94. The molecule has 3 rings (SSSR count). The molecule has 1 aromatic carbocycles. The van der Waals surface area contributed by atoms with Crippen LogP contribution in [0.1, 0.15) is 24.1 Å². The zero-order valence-corrected chi connectivity index (χ0v) is 10.8. The van der Waals surface area contributed by atoms with Crippen molar-refractivity contribution >= 4 is 10.9 Å². The molecule has 2 nitrogen and oxygen atoms in total. The van der Waals surface area contributed by atoms with Gasteiger partial charge in [-0.05, 0) is 30.7 Å². The number of halogens is 2. The van der Waals surface area contributed by atoms with Gasteiger partial charge in [0.05, 0.1) is 5.52 Å². The quantitative estimate of drug-likeness (QED) is 0.902. The summed E-state index contributed by atoms with van der Waals surface area (Å²) in [6, 6.07) is 9.63. The van der Waals surface area contributed by atoms with Crippen molar-refractivity contribution in [1.82, 2.24) is 4.98 Å². The van der Waals surface area contributed by atoms with Crippen molar-refractivity contribution in [3.05, 3.63) is 41.6 Å². The van der Waals surface area contributed by atoms with Gasteiger partial charge in [-0.2, -0.15) is 0 Å². The van der Waals surface area contributed by atoms with Gasteiger partial charge in [-0.1, -0.05) is 12.1 Å². The number of pyridine rings is 1. The van der Waals surface area contributed by atoms with E-state index in [1.807, 2.05) is 37.3 Å². The molecule has 0 saturated heterocycles.